The van der Waals surface area contributed by atoms with Crippen LogP contribution in [0.1, 0.15) is 26.7 Å². The summed E-state index contributed by atoms with van der Waals surface area (Å²) in [6, 6.07) is 0. The third kappa shape index (κ3) is 6.92. The van der Waals surface area contributed by atoms with Crippen LogP contribution in [0.25, 0.3) is 0 Å². The maximum Gasteiger partial charge on any atom is -0.00145 e. The van der Waals surface area contributed by atoms with Crippen molar-refractivity contribution in [1.29, 1.82) is 0 Å². The van der Waals surface area contributed by atoms with E-state index in [9.17, 15) is 0 Å². The number of nitrogens with one attached hydrogen (secondary N) is 1. The molecular formula is C14H23N. The topological polar surface area (TPSA) is 12.0 Å². The molecule has 84 valence electrons. The van der Waals surface area contributed by atoms with Gasteiger partial charge in [-0.25, -0.2) is 0 Å². The Labute approximate surface area is 94.3 Å². The third-order valence-corrected chi connectivity index (χ3v) is 2.24. The zero-order valence-corrected chi connectivity index (χ0v) is 10.2. The van der Waals surface area contributed by atoms with Crippen LogP contribution in [0, 0.1) is 0 Å². The summed E-state index contributed by atoms with van der Waals surface area (Å²) in [4.78, 5) is 0. The Morgan fingerprint density at radius 3 is 2.60 bits per heavy atom. The van der Waals surface area contributed by atoms with Gasteiger partial charge in [0.2, 0.25) is 0 Å². The summed E-state index contributed by atoms with van der Waals surface area (Å²) in [5, 5.41) is 3.17. The molecule has 0 heterocycles. The van der Waals surface area contributed by atoms with E-state index in [1.54, 1.807) is 0 Å². The van der Waals surface area contributed by atoms with Gasteiger partial charge in [-0.2, -0.15) is 0 Å². The number of rotatable bonds is 7. The van der Waals surface area contributed by atoms with Gasteiger partial charge in [-0.1, -0.05) is 49.5 Å². The zero-order valence-electron chi connectivity index (χ0n) is 10.2. The van der Waals surface area contributed by atoms with Gasteiger partial charge in [0.15, 0.2) is 0 Å². The molecule has 1 N–H and O–H groups in total. The highest BCUT2D eigenvalue weighted by Crippen LogP contribution is 2.11. The van der Waals surface area contributed by atoms with E-state index >= 15 is 0 Å². The molecule has 0 fully saturated rings. The number of hydrogen-bond donors (Lipinski definition) is 1. The molecule has 0 atom stereocenters. The summed E-state index contributed by atoms with van der Waals surface area (Å²) in [6.45, 7) is 9.06. The van der Waals surface area contributed by atoms with Crippen molar-refractivity contribution in [2.75, 3.05) is 13.6 Å². The van der Waals surface area contributed by atoms with Crippen LogP contribution >= 0.6 is 0 Å². The molecule has 0 aliphatic carbocycles. The Bertz CT molecular complexity index is 257. The van der Waals surface area contributed by atoms with Crippen molar-refractivity contribution in [2.45, 2.75) is 26.7 Å². The van der Waals surface area contributed by atoms with Gasteiger partial charge in [-0.3, -0.25) is 0 Å². The van der Waals surface area contributed by atoms with E-state index in [1.807, 2.05) is 32.2 Å². The van der Waals surface area contributed by atoms with E-state index in [-0.39, 0.29) is 0 Å². The molecule has 0 aromatic rings. The van der Waals surface area contributed by atoms with E-state index < -0.39 is 0 Å². The molecule has 0 aliphatic rings. The largest absolute Gasteiger partial charge is 0.319 e. The quantitative estimate of drug-likeness (QED) is 0.626. The van der Waals surface area contributed by atoms with Gasteiger partial charge in [-0.15, -0.1) is 0 Å². The molecule has 0 saturated heterocycles. The van der Waals surface area contributed by atoms with Crippen LogP contribution in [0.5, 0.6) is 0 Å². The second kappa shape index (κ2) is 9.47. The fourth-order valence-electron chi connectivity index (χ4n) is 1.25. The molecule has 0 spiro atoms. The SMILES string of the molecule is C=CC(/C=C(/CC)CCNC)=C\C=C/C. The average molecular weight is 205 g/mol. The predicted octanol–water partition coefficient (Wildman–Crippen LogP) is 3.62. The van der Waals surface area contributed by atoms with Gasteiger partial charge < -0.3 is 5.32 Å². The normalized spacial score (nSPS) is 13.5. The van der Waals surface area contributed by atoms with Crippen LogP contribution in [0.15, 0.2) is 48.1 Å². The lowest BCUT2D eigenvalue weighted by molar-refractivity contribution is 0.767. The highest BCUT2D eigenvalue weighted by atomic mass is 14.8. The van der Waals surface area contributed by atoms with Crippen molar-refractivity contribution in [2.24, 2.45) is 0 Å². The summed E-state index contributed by atoms with van der Waals surface area (Å²) in [5.41, 5.74) is 2.64. The fourth-order valence-corrected chi connectivity index (χ4v) is 1.25. The minimum atomic E-state index is 1.04. The van der Waals surface area contributed by atoms with E-state index in [1.165, 1.54) is 11.1 Å². The highest BCUT2D eigenvalue weighted by Gasteiger charge is 1.94. The first-order valence-corrected chi connectivity index (χ1v) is 5.57. The minimum Gasteiger partial charge on any atom is -0.319 e. The Kier molecular flexibility index (Phi) is 8.79. The molecule has 0 rings (SSSR count). The molecule has 15 heavy (non-hydrogen) atoms. The Morgan fingerprint density at radius 2 is 2.13 bits per heavy atom. The van der Waals surface area contributed by atoms with Gasteiger partial charge in [0.05, 0.1) is 0 Å². The van der Waals surface area contributed by atoms with Crippen LogP contribution < -0.4 is 5.32 Å². The predicted molar refractivity (Wildman–Crippen MR) is 70.0 cm³/mol. The summed E-state index contributed by atoms with van der Waals surface area (Å²) >= 11 is 0. The van der Waals surface area contributed by atoms with Crippen LogP contribution in [0.2, 0.25) is 0 Å². The first-order valence-electron chi connectivity index (χ1n) is 5.57. The fraction of sp³-hybridized carbons (Fsp3) is 0.429. The van der Waals surface area contributed by atoms with Gasteiger partial charge >= 0.3 is 0 Å². The van der Waals surface area contributed by atoms with Gasteiger partial charge in [0.1, 0.15) is 0 Å². The Hall–Kier alpha value is -1.08. The molecule has 0 bridgehead atoms. The van der Waals surface area contributed by atoms with E-state index in [0.717, 1.165) is 19.4 Å². The minimum absolute atomic E-state index is 1.04. The van der Waals surface area contributed by atoms with Crippen LogP contribution in [0.3, 0.4) is 0 Å². The van der Waals surface area contributed by atoms with E-state index in [0.29, 0.717) is 0 Å². The van der Waals surface area contributed by atoms with Crippen molar-refractivity contribution in [3.8, 4) is 0 Å². The molecule has 0 amide bonds. The molecule has 0 aliphatic heterocycles. The highest BCUT2D eigenvalue weighted by molar-refractivity contribution is 5.35. The number of hydrogen-bond acceptors (Lipinski definition) is 1. The molecule has 1 heteroatoms. The molecule has 0 aromatic carbocycles. The summed E-state index contributed by atoms with van der Waals surface area (Å²) in [6.07, 6.45) is 12.5. The first-order chi connectivity index (χ1) is 7.28. The van der Waals surface area contributed by atoms with Crippen molar-refractivity contribution in [3.05, 3.63) is 48.1 Å². The maximum atomic E-state index is 3.82. The van der Waals surface area contributed by atoms with Gasteiger partial charge in [0.25, 0.3) is 0 Å². The van der Waals surface area contributed by atoms with Crippen LogP contribution in [-0.2, 0) is 0 Å². The lowest BCUT2D eigenvalue weighted by Gasteiger charge is -2.04. The van der Waals surface area contributed by atoms with Gasteiger partial charge in [0, 0.05) is 0 Å². The molecular weight excluding hydrogens is 182 g/mol. The van der Waals surface area contributed by atoms with E-state index in [4.69, 9.17) is 0 Å². The lowest BCUT2D eigenvalue weighted by atomic mass is 10.1. The summed E-state index contributed by atoms with van der Waals surface area (Å²) < 4.78 is 0. The summed E-state index contributed by atoms with van der Waals surface area (Å²) in [7, 11) is 1.98. The molecule has 1 nitrogen and oxygen atoms in total. The van der Waals surface area contributed by atoms with Crippen molar-refractivity contribution in [3.63, 3.8) is 0 Å². The molecule has 0 saturated carbocycles. The summed E-state index contributed by atoms with van der Waals surface area (Å²) in [5.74, 6) is 0. The second-order valence-electron chi connectivity index (χ2n) is 3.41. The lowest BCUT2D eigenvalue weighted by Crippen LogP contribution is -2.08. The van der Waals surface area contributed by atoms with Crippen molar-refractivity contribution in [1.82, 2.24) is 5.32 Å². The van der Waals surface area contributed by atoms with E-state index in [2.05, 4.69) is 31.0 Å². The second-order valence-corrected chi connectivity index (χ2v) is 3.41. The monoisotopic (exact) mass is 205 g/mol. The Morgan fingerprint density at radius 1 is 1.40 bits per heavy atom. The van der Waals surface area contributed by atoms with Gasteiger partial charge in [-0.05, 0) is 38.9 Å². The smallest absolute Gasteiger partial charge is 0.00145 e. The average Bonchev–Trinajstić information content (AvgIpc) is 2.28. The number of allylic oxidation sites excluding steroid dienone is 6. The van der Waals surface area contributed by atoms with Crippen molar-refractivity contribution >= 4 is 0 Å². The maximum absolute atomic E-state index is 3.82. The first kappa shape index (κ1) is 13.9. The van der Waals surface area contributed by atoms with Crippen LogP contribution in [-0.4, -0.2) is 13.6 Å². The zero-order chi connectivity index (χ0) is 11.5. The molecule has 0 unspecified atom stereocenters. The van der Waals surface area contributed by atoms with Crippen molar-refractivity contribution < 1.29 is 0 Å². The molecule has 0 aromatic heterocycles. The van der Waals surface area contributed by atoms with Crippen LogP contribution in [0.4, 0.5) is 0 Å². The Balaban J connectivity index is 4.54. The standard InChI is InChI=1S/C14H23N/c1-5-8-9-13(6-2)12-14(7-3)10-11-15-4/h5-6,8-9,12,15H,2,7,10-11H2,1,3-4H3/b8-5-,13-9+,14-12-. The third-order valence-electron chi connectivity index (χ3n) is 2.24. The molecule has 0 radical (unpaired) electrons.